The third kappa shape index (κ3) is 6.26. The number of ether oxygens (including phenoxy) is 1. The highest BCUT2D eigenvalue weighted by Crippen LogP contribution is 2.22. The molecule has 160 valence electrons. The molecule has 1 aliphatic rings. The Bertz CT molecular complexity index is 885. The van der Waals surface area contributed by atoms with Crippen LogP contribution in [-0.2, 0) is 19.6 Å². The van der Waals surface area contributed by atoms with Crippen LogP contribution in [0.4, 0.5) is 4.79 Å². The summed E-state index contributed by atoms with van der Waals surface area (Å²) in [5, 5.41) is 4.66. The van der Waals surface area contributed by atoms with Gasteiger partial charge in [-0.2, -0.15) is 4.31 Å². The average Bonchev–Trinajstić information content (AvgIpc) is 3.15. The fraction of sp³-hybridized carbons (Fsp3) is 0.526. The summed E-state index contributed by atoms with van der Waals surface area (Å²) in [5.41, 5.74) is -0.532. The number of nitrogens with zero attached hydrogens (tertiary/aromatic N) is 1. The number of carbonyl (C=O) groups is 3. The maximum atomic E-state index is 12.6. The molecule has 10 heteroatoms. The number of sulfonamides is 1. The molecule has 1 saturated heterocycles. The predicted octanol–water partition coefficient (Wildman–Crippen LogP) is 1.64. The van der Waals surface area contributed by atoms with Crippen molar-refractivity contribution in [2.75, 3.05) is 13.1 Å². The first-order chi connectivity index (χ1) is 13.4. The zero-order valence-electron chi connectivity index (χ0n) is 17.0. The molecular weight excluding hydrogens is 398 g/mol. The topological polar surface area (TPSA) is 122 Å². The van der Waals surface area contributed by atoms with Gasteiger partial charge in [-0.1, -0.05) is 6.07 Å². The maximum Gasteiger partial charge on any atom is 0.338 e. The Morgan fingerprint density at radius 3 is 2.34 bits per heavy atom. The van der Waals surface area contributed by atoms with Gasteiger partial charge in [0.15, 0.2) is 6.10 Å². The molecule has 0 aliphatic carbocycles. The Labute approximate surface area is 170 Å². The number of hydrogen-bond acceptors (Lipinski definition) is 6. The minimum Gasteiger partial charge on any atom is -0.449 e. The van der Waals surface area contributed by atoms with Gasteiger partial charge < -0.3 is 10.1 Å². The molecule has 0 aromatic heterocycles. The van der Waals surface area contributed by atoms with E-state index in [1.165, 1.54) is 35.5 Å². The molecule has 1 aliphatic heterocycles. The van der Waals surface area contributed by atoms with Gasteiger partial charge in [-0.05, 0) is 58.7 Å². The molecule has 9 nitrogen and oxygen atoms in total. The third-order valence-electron chi connectivity index (χ3n) is 4.15. The Kier molecular flexibility index (Phi) is 7.02. The first kappa shape index (κ1) is 22.8. The van der Waals surface area contributed by atoms with E-state index in [-0.39, 0.29) is 10.5 Å². The summed E-state index contributed by atoms with van der Waals surface area (Å²) < 4.78 is 31.7. The van der Waals surface area contributed by atoms with Crippen LogP contribution in [0.2, 0.25) is 0 Å². The molecule has 29 heavy (non-hydrogen) atoms. The van der Waals surface area contributed by atoms with Crippen molar-refractivity contribution in [1.82, 2.24) is 14.9 Å². The van der Waals surface area contributed by atoms with Gasteiger partial charge in [0.25, 0.3) is 5.91 Å². The highest BCUT2D eigenvalue weighted by Gasteiger charge is 2.28. The van der Waals surface area contributed by atoms with Gasteiger partial charge in [-0.25, -0.2) is 18.0 Å². The lowest BCUT2D eigenvalue weighted by molar-refractivity contribution is -0.127. The van der Waals surface area contributed by atoms with Crippen LogP contribution in [0.5, 0.6) is 0 Å². The van der Waals surface area contributed by atoms with E-state index in [9.17, 15) is 22.8 Å². The Morgan fingerprint density at radius 1 is 1.14 bits per heavy atom. The summed E-state index contributed by atoms with van der Waals surface area (Å²) in [6.07, 6.45) is 0.360. The van der Waals surface area contributed by atoms with Gasteiger partial charge in [-0.3, -0.25) is 10.1 Å². The first-order valence-corrected chi connectivity index (χ1v) is 10.8. The molecule has 1 fully saturated rings. The number of urea groups is 1. The van der Waals surface area contributed by atoms with Gasteiger partial charge in [0.2, 0.25) is 10.0 Å². The lowest BCUT2D eigenvalue weighted by Crippen LogP contribution is -2.50. The molecule has 1 aromatic rings. The second-order valence-electron chi connectivity index (χ2n) is 7.88. The zero-order chi connectivity index (χ0) is 21.8. The standard InChI is InChI=1S/C19H27N3O6S/c1-13(16(23)20-18(25)21-19(2,3)4)28-17(24)14-8-7-9-15(12-14)29(26,27)22-10-5-6-11-22/h7-9,12-13H,5-6,10-11H2,1-4H3,(H2,20,21,23,25)/t13-/m1/s1. The van der Waals surface area contributed by atoms with E-state index in [0.717, 1.165) is 12.8 Å². The van der Waals surface area contributed by atoms with Crippen LogP contribution >= 0.6 is 0 Å². The van der Waals surface area contributed by atoms with Crippen molar-refractivity contribution in [2.24, 2.45) is 0 Å². The van der Waals surface area contributed by atoms with E-state index >= 15 is 0 Å². The van der Waals surface area contributed by atoms with Crippen LogP contribution in [0.3, 0.4) is 0 Å². The van der Waals surface area contributed by atoms with E-state index in [1.807, 2.05) is 0 Å². The summed E-state index contributed by atoms with van der Waals surface area (Å²) in [7, 11) is -3.68. The first-order valence-electron chi connectivity index (χ1n) is 9.34. The average molecular weight is 426 g/mol. The van der Waals surface area contributed by atoms with Crippen molar-refractivity contribution in [3.05, 3.63) is 29.8 Å². The van der Waals surface area contributed by atoms with Crippen molar-refractivity contribution in [1.29, 1.82) is 0 Å². The summed E-state index contributed by atoms with van der Waals surface area (Å²) in [4.78, 5) is 36.2. The largest absolute Gasteiger partial charge is 0.449 e. The maximum absolute atomic E-state index is 12.6. The molecular formula is C19H27N3O6S. The van der Waals surface area contributed by atoms with Crippen LogP contribution in [0.25, 0.3) is 0 Å². The molecule has 0 saturated carbocycles. The number of amides is 3. The molecule has 0 bridgehead atoms. The van der Waals surface area contributed by atoms with Crippen molar-refractivity contribution < 1.29 is 27.5 Å². The Hall–Kier alpha value is -2.46. The van der Waals surface area contributed by atoms with Crippen LogP contribution in [0.15, 0.2) is 29.2 Å². The van der Waals surface area contributed by atoms with Gasteiger partial charge in [0.05, 0.1) is 10.5 Å². The number of rotatable bonds is 5. The van der Waals surface area contributed by atoms with Crippen LogP contribution in [-0.4, -0.2) is 55.4 Å². The summed E-state index contributed by atoms with van der Waals surface area (Å²) in [5.74, 6) is -1.65. The van der Waals surface area contributed by atoms with Gasteiger partial charge in [-0.15, -0.1) is 0 Å². The molecule has 2 N–H and O–H groups in total. The highest BCUT2D eigenvalue weighted by molar-refractivity contribution is 7.89. The number of benzene rings is 1. The fourth-order valence-corrected chi connectivity index (χ4v) is 4.29. The van der Waals surface area contributed by atoms with Crippen molar-refractivity contribution in [3.8, 4) is 0 Å². The second kappa shape index (κ2) is 8.91. The second-order valence-corrected chi connectivity index (χ2v) is 9.82. The quantitative estimate of drug-likeness (QED) is 0.692. The number of carbonyl (C=O) groups excluding carboxylic acids is 3. The third-order valence-corrected chi connectivity index (χ3v) is 6.05. The van der Waals surface area contributed by atoms with E-state index in [1.54, 1.807) is 20.8 Å². The summed E-state index contributed by atoms with van der Waals surface area (Å²) in [6, 6.07) is 4.79. The molecule has 3 amide bonds. The normalized spacial score (nSPS) is 16.1. The Balaban J connectivity index is 2.03. The van der Waals surface area contributed by atoms with E-state index in [2.05, 4.69) is 10.6 Å². The molecule has 0 radical (unpaired) electrons. The molecule has 1 aromatic carbocycles. The zero-order valence-corrected chi connectivity index (χ0v) is 17.8. The number of imide groups is 1. The van der Waals surface area contributed by atoms with Gasteiger partial charge in [0, 0.05) is 18.6 Å². The lowest BCUT2D eigenvalue weighted by Gasteiger charge is -2.21. The van der Waals surface area contributed by atoms with E-state index in [0.29, 0.717) is 13.1 Å². The number of esters is 1. The fourth-order valence-electron chi connectivity index (χ4n) is 2.73. The number of nitrogens with one attached hydrogen (secondary N) is 2. The van der Waals surface area contributed by atoms with Crippen molar-refractivity contribution >= 4 is 27.9 Å². The lowest BCUT2D eigenvalue weighted by atomic mass is 10.1. The SMILES string of the molecule is C[C@@H](OC(=O)c1cccc(S(=O)(=O)N2CCCC2)c1)C(=O)NC(=O)NC(C)(C)C. The van der Waals surface area contributed by atoms with E-state index in [4.69, 9.17) is 4.74 Å². The van der Waals surface area contributed by atoms with Crippen LogP contribution < -0.4 is 10.6 Å². The summed E-state index contributed by atoms with van der Waals surface area (Å²) in [6.45, 7) is 7.48. The monoisotopic (exact) mass is 425 g/mol. The molecule has 1 atom stereocenters. The van der Waals surface area contributed by atoms with E-state index < -0.39 is 39.6 Å². The molecule has 0 spiro atoms. The van der Waals surface area contributed by atoms with Crippen LogP contribution in [0, 0.1) is 0 Å². The van der Waals surface area contributed by atoms with Crippen LogP contribution in [0.1, 0.15) is 50.9 Å². The summed E-state index contributed by atoms with van der Waals surface area (Å²) >= 11 is 0. The Morgan fingerprint density at radius 2 is 1.76 bits per heavy atom. The van der Waals surface area contributed by atoms with Crippen molar-refractivity contribution in [3.63, 3.8) is 0 Å². The molecule has 2 rings (SSSR count). The smallest absolute Gasteiger partial charge is 0.338 e. The molecule has 0 unspecified atom stereocenters. The van der Waals surface area contributed by atoms with Crippen molar-refractivity contribution in [2.45, 2.75) is 57.1 Å². The molecule has 1 heterocycles. The highest BCUT2D eigenvalue weighted by atomic mass is 32.2. The number of hydrogen-bond donors (Lipinski definition) is 2. The van der Waals surface area contributed by atoms with Gasteiger partial charge in [0.1, 0.15) is 0 Å². The minimum atomic E-state index is -3.68. The predicted molar refractivity (Wildman–Crippen MR) is 106 cm³/mol. The minimum absolute atomic E-state index is 0.00376. The van der Waals surface area contributed by atoms with Gasteiger partial charge >= 0.3 is 12.0 Å².